The summed E-state index contributed by atoms with van der Waals surface area (Å²) in [7, 11) is 1.23. The van der Waals surface area contributed by atoms with Crippen LogP contribution < -0.4 is 4.90 Å². The number of carbonyl (C=O) groups excluding carboxylic acids is 2. The summed E-state index contributed by atoms with van der Waals surface area (Å²) in [4.78, 5) is 28.1. The molecule has 5 heteroatoms. The molecule has 0 spiro atoms. The maximum absolute atomic E-state index is 12.5. The zero-order chi connectivity index (χ0) is 19.5. The van der Waals surface area contributed by atoms with Crippen LogP contribution >= 0.6 is 0 Å². The number of hydrogen-bond acceptors (Lipinski definition) is 4. The van der Waals surface area contributed by atoms with Crippen molar-refractivity contribution in [2.45, 2.75) is 26.3 Å². The SMILES string of the molecule is CCCCN(CCN(C(=O)C(=O)OC)c1ccccc1)Cc1ccccc1. The molecule has 27 heavy (non-hydrogen) atoms. The number of carbonyl (C=O) groups is 2. The number of rotatable bonds is 9. The Balaban J connectivity index is 2.11. The van der Waals surface area contributed by atoms with Crippen LogP contribution in [0.5, 0.6) is 0 Å². The van der Waals surface area contributed by atoms with Crippen molar-refractivity contribution >= 4 is 17.6 Å². The molecule has 0 fully saturated rings. The minimum absolute atomic E-state index is 0.425. The first kappa shape index (κ1) is 20.6. The van der Waals surface area contributed by atoms with Gasteiger partial charge in [0.05, 0.1) is 7.11 Å². The summed E-state index contributed by atoms with van der Waals surface area (Å²) in [6.45, 7) is 5.02. The maximum atomic E-state index is 12.5. The van der Waals surface area contributed by atoms with Crippen molar-refractivity contribution in [1.82, 2.24) is 4.90 Å². The van der Waals surface area contributed by atoms with Crippen LogP contribution in [0, 0.1) is 0 Å². The summed E-state index contributed by atoms with van der Waals surface area (Å²) in [5.74, 6) is -1.49. The van der Waals surface area contributed by atoms with Gasteiger partial charge in [-0.3, -0.25) is 9.69 Å². The standard InChI is InChI=1S/C22H28N2O3/c1-3-4-15-23(18-19-11-7-5-8-12-19)16-17-24(21(25)22(26)27-2)20-13-9-6-10-14-20/h5-14H,3-4,15-18H2,1-2H3. The van der Waals surface area contributed by atoms with Crippen LogP contribution in [0.15, 0.2) is 60.7 Å². The minimum atomic E-state index is -0.845. The fourth-order valence-electron chi connectivity index (χ4n) is 2.89. The Labute approximate surface area is 161 Å². The highest BCUT2D eigenvalue weighted by Gasteiger charge is 2.24. The molecular formula is C22H28N2O3. The van der Waals surface area contributed by atoms with Gasteiger partial charge in [0.1, 0.15) is 0 Å². The molecule has 0 aliphatic rings. The molecule has 0 N–H and O–H groups in total. The fraction of sp³-hybridized carbons (Fsp3) is 0.364. The summed E-state index contributed by atoms with van der Waals surface area (Å²) in [5.41, 5.74) is 1.93. The van der Waals surface area contributed by atoms with E-state index in [0.717, 1.165) is 25.9 Å². The molecule has 2 aromatic carbocycles. The van der Waals surface area contributed by atoms with E-state index in [1.54, 1.807) is 0 Å². The van der Waals surface area contributed by atoms with Gasteiger partial charge in [0.2, 0.25) is 0 Å². The molecule has 0 bridgehead atoms. The highest BCUT2D eigenvalue weighted by Crippen LogP contribution is 2.15. The number of amides is 1. The van der Waals surface area contributed by atoms with Gasteiger partial charge in [-0.15, -0.1) is 0 Å². The third-order valence-corrected chi connectivity index (χ3v) is 4.39. The lowest BCUT2D eigenvalue weighted by Gasteiger charge is -2.27. The molecule has 0 radical (unpaired) electrons. The predicted octanol–water partition coefficient (Wildman–Crippen LogP) is 3.49. The molecule has 0 aliphatic heterocycles. The molecule has 0 aromatic heterocycles. The molecule has 2 rings (SSSR count). The molecule has 2 aromatic rings. The molecule has 144 valence electrons. The van der Waals surface area contributed by atoms with Gasteiger partial charge in [0.25, 0.3) is 0 Å². The van der Waals surface area contributed by atoms with Gasteiger partial charge in [-0.25, -0.2) is 4.79 Å². The van der Waals surface area contributed by atoms with Crippen LogP contribution in [0.2, 0.25) is 0 Å². The number of ether oxygens (including phenoxy) is 1. The lowest BCUT2D eigenvalue weighted by atomic mass is 10.2. The number of benzene rings is 2. The molecule has 1 amide bonds. The van der Waals surface area contributed by atoms with E-state index in [4.69, 9.17) is 0 Å². The third-order valence-electron chi connectivity index (χ3n) is 4.39. The smallest absolute Gasteiger partial charge is 0.397 e. The van der Waals surface area contributed by atoms with Crippen LogP contribution in [0.1, 0.15) is 25.3 Å². The van der Waals surface area contributed by atoms with Gasteiger partial charge < -0.3 is 9.64 Å². The Morgan fingerprint density at radius 3 is 2.11 bits per heavy atom. The number of unbranched alkanes of at least 4 members (excludes halogenated alkanes) is 1. The van der Waals surface area contributed by atoms with Crippen molar-refractivity contribution in [3.8, 4) is 0 Å². The fourth-order valence-corrected chi connectivity index (χ4v) is 2.89. The first-order valence-electron chi connectivity index (χ1n) is 9.36. The highest BCUT2D eigenvalue weighted by atomic mass is 16.5. The molecule has 0 heterocycles. The molecule has 0 unspecified atom stereocenters. The topological polar surface area (TPSA) is 49.9 Å². The van der Waals surface area contributed by atoms with Crippen LogP contribution in [0.25, 0.3) is 0 Å². The van der Waals surface area contributed by atoms with Gasteiger partial charge in [-0.05, 0) is 30.7 Å². The number of para-hydroxylation sites is 1. The average molecular weight is 368 g/mol. The third kappa shape index (κ3) is 6.53. The van der Waals surface area contributed by atoms with Gasteiger partial charge in [-0.2, -0.15) is 0 Å². The van der Waals surface area contributed by atoms with Crippen LogP contribution in [-0.2, 0) is 20.9 Å². The summed E-state index contributed by atoms with van der Waals surface area (Å²) in [6, 6.07) is 19.5. The highest BCUT2D eigenvalue weighted by molar-refractivity contribution is 6.38. The van der Waals surface area contributed by atoms with Crippen molar-refractivity contribution in [3.63, 3.8) is 0 Å². The van der Waals surface area contributed by atoms with E-state index < -0.39 is 11.9 Å². The van der Waals surface area contributed by atoms with E-state index in [1.165, 1.54) is 17.6 Å². The van der Waals surface area contributed by atoms with Gasteiger partial charge in [0, 0.05) is 25.3 Å². The Bertz CT molecular complexity index is 704. The number of hydrogen-bond donors (Lipinski definition) is 0. The number of anilines is 1. The molecule has 0 aliphatic carbocycles. The van der Waals surface area contributed by atoms with E-state index >= 15 is 0 Å². The Morgan fingerprint density at radius 1 is 0.889 bits per heavy atom. The van der Waals surface area contributed by atoms with Crippen molar-refractivity contribution in [3.05, 3.63) is 66.2 Å². The molecule has 5 nitrogen and oxygen atoms in total. The van der Waals surface area contributed by atoms with Crippen molar-refractivity contribution in [1.29, 1.82) is 0 Å². The zero-order valence-electron chi connectivity index (χ0n) is 16.1. The Morgan fingerprint density at radius 2 is 1.52 bits per heavy atom. The van der Waals surface area contributed by atoms with Crippen LogP contribution in [-0.4, -0.2) is 43.5 Å². The molecule has 0 atom stereocenters. The predicted molar refractivity (Wildman–Crippen MR) is 107 cm³/mol. The lowest BCUT2D eigenvalue weighted by Crippen LogP contribution is -2.42. The van der Waals surface area contributed by atoms with Gasteiger partial charge in [0.15, 0.2) is 0 Å². The van der Waals surface area contributed by atoms with Crippen molar-refractivity contribution in [2.24, 2.45) is 0 Å². The van der Waals surface area contributed by atoms with Crippen LogP contribution in [0.3, 0.4) is 0 Å². The summed E-state index contributed by atoms with van der Waals surface area (Å²) in [5, 5.41) is 0. The second kappa shape index (κ2) is 11.1. The lowest BCUT2D eigenvalue weighted by molar-refractivity contribution is -0.151. The van der Waals surface area contributed by atoms with Crippen molar-refractivity contribution < 1.29 is 14.3 Å². The van der Waals surface area contributed by atoms with E-state index in [9.17, 15) is 9.59 Å². The first-order chi connectivity index (χ1) is 13.2. The molecule has 0 saturated heterocycles. The Hall–Kier alpha value is -2.66. The average Bonchev–Trinajstić information content (AvgIpc) is 2.72. The van der Waals surface area contributed by atoms with Gasteiger partial charge >= 0.3 is 11.9 Å². The zero-order valence-corrected chi connectivity index (χ0v) is 16.1. The van der Waals surface area contributed by atoms with Crippen LogP contribution in [0.4, 0.5) is 5.69 Å². The largest absolute Gasteiger partial charge is 0.462 e. The minimum Gasteiger partial charge on any atom is -0.462 e. The number of esters is 1. The van der Waals surface area contributed by atoms with E-state index in [-0.39, 0.29) is 0 Å². The number of nitrogens with zero attached hydrogens (tertiary/aromatic N) is 2. The monoisotopic (exact) mass is 368 g/mol. The summed E-state index contributed by atoms with van der Waals surface area (Å²) >= 11 is 0. The second-order valence-electron chi connectivity index (χ2n) is 6.40. The van der Waals surface area contributed by atoms with E-state index in [0.29, 0.717) is 18.8 Å². The Kier molecular flexibility index (Phi) is 8.52. The van der Waals surface area contributed by atoms with E-state index in [2.05, 4.69) is 28.7 Å². The van der Waals surface area contributed by atoms with E-state index in [1.807, 2.05) is 48.5 Å². The summed E-state index contributed by atoms with van der Waals surface area (Å²) < 4.78 is 4.64. The molecule has 0 saturated carbocycles. The molecular weight excluding hydrogens is 340 g/mol. The van der Waals surface area contributed by atoms with Gasteiger partial charge in [-0.1, -0.05) is 61.9 Å². The second-order valence-corrected chi connectivity index (χ2v) is 6.40. The quantitative estimate of drug-likeness (QED) is 0.502. The number of methoxy groups -OCH3 is 1. The first-order valence-corrected chi connectivity index (χ1v) is 9.36. The normalized spacial score (nSPS) is 10.6. The van der Waals surface area contributed by atoms with Crippen molar-refractivity contribution in [2.75, 3.05) is 31.6 Å². The summed E-state index contributed by atoms with van der Waals surface area (Å²) in [6.07, 6.45) is 2.19. The maximum Gasteiger partial charge on any atom is 0.397 e.